The molecule has 0 aliphatic heterocycles. The molecule has 0 aliphatic carbocycles. The Labute approximate surface area is 187 Å². The number of hydrogen-bond acceptors (Lipinski definition) is 4. The van der Waals surface area contributed by atoms with Gasteiger partial charge >= 0.3 is 6.61 Å². The Hall–Kier alpha value is -3.20. The van der Waals surface area contributed by atoms with Crippen LogP contribution in [0.25, 0.3) is 0 Å². The van der Waals surface area contributed by atoms with E-state index in [-0.39, 0.29) is 24.7 Å². The van der Waals surface area contributed by atoms with Gasteiger partial charge in [-0.15, -0.1) is 0 Å². The van der Waals surface area contributed by atoms with Crippen LogP contribution in [0.2, 0.25) is 0 Å². The van der Waals surface area contributed by atoms with E-state index in [0.717, 1.165) is 5.56 Å². The Morgan fingerprint density at radius 3 is 2.38 bits per heavy atom. The molecule has 0 radical (unpaired) electrons. The molecule has 9 heteroatoms. The maximum atomic E-state index is 12.6. The van der Waals surface area contributed by atoms with Crippen molar-refractivity contribution in [2.45, 2.75) is 33.1 Å². The van der Waals surface area contributed by atoms with Gasteiger partial charge in [0.15, 0.2) is 5.96 Å². The highest BCUT2D eigenvalue weighted by atomic mass is 19.3. The Morgan fingerprint density at radius 2 is 1.78 bits per heavy atom. The quantitative estimate of drug-likeness (QED) is 0.364. The zero-order valence-corrected chi connectivity index (χ0v) is 18.3. The summed E-state index contributed by atoms with van der Waals surface area (Å²) in [5.74, 6) is 0.311. The van der Waals surface area contributed by atoms with Gasteiger partial charge in [-0.1, -0.05) is 42.5 Å². The smallest absolute Gasteiger partial charge is 0.387 e. The summed E-state index contributed by atoms with van der Waals surface area (Å²) < 4.78 is 28.8. The van der Waals surface area contributed by atoms with Crippen molar-refractivity contribution in [2.24, 2.45) is 4.99 Å². The van der Waals surface area contributed by atoms with Crippen LogP contribution in [0.3, 0.4) is 0 Å². The van der Waals surface area contributed by atoms with E-state index in [1.54, 1.807) is 4.90 Å². The Kier molecular flexibility index (Phi) is 10.4. The van der Waals surface area contributed by atoms with Crippen LogP contribution in [-0.4, -0.2) is 54.7 Å². The Morgan fingerprint density at radius 1 is 1.09 bits per heavy atom. The van der Waals surface area contributed by atoms with Crippen molar-refractivity contribution in [3.63, 3.8) is 0 Å². The van der Waals surface area contributed by atoms with Gasteiger partial charge in [0.2, 0.25) is 5.91 Å². The van der Waals surface area contributed by atoms with E-state index < -0.39 is 12.7 Å². The molecule has 0 heterocycles. The molecule has 3 N–H and O–H groups in total. The van der Waals surface area contributed by atoms with Crippen LogP contribution in [0.15, 0.2) is 59.6 Å². The summed E-state index contributed by atoms with van der Waals surface area (Å²) in [5, 5.41) is 16.4. The first kappa shape index (κ1) is 25.1. The summed E-state index contributed by atoms with van der Waals surface area (Å²) in [6, 6.07) is 15.5. The summed E-state index contributed by atoms with van der Waals surface area (Å²) in [7, 11) is 0. The van der Waals surface area contributed by atoms with E-state index in [2.05, 4.69) is 20.4 Å². The van der Waals surface area contributed by atoms with Crippen LogP contribution >= 0.6 is 0 Å². The van der Waals surface area contributed by atoms with Gasteiger partial charge in [-0.3, -0.25) is 4.79 Å². The zero-order valence-electron chi connectivity index (χ0n) is 18.3. The molecule has 0 aromatic heterocycles. The van der Waals surface area contributed by atoms with Gasteiger partial charge < -0.3 is 25.4 Å². The molecule has 0 aliphatic rings. The maximum absolute atomic E-state index is 12.6. The molecule has 2 aromatic carbocycles. The van der Waals surface area contributed by atoms with Crippen LogP contribution in [0.4, 0.5) is 8.78 Å². The number of nitrogens with one attached hydrogen (secondary N) is 2. The van der Waals surface area contributed by atoms with Gasteiger partial charge in [0, 0.05) is 26.2 Å². The van der Waals surface area contributed by atoms with Crippen molar-refractivity contribution in [3.05, 3.63) is 65.7 Å². The van der Waals surface area contributed by atoms with E-state index in [9.17, 15) is 18.7 Å². The van der Waals surface area contributed by atoms with Gasteiger partial charge in [0.05, 0.1) is 6.10 Å². The number of carbonyl (C=O) groups is 1. The van der Waals surface area contributed by atoms with Crippen LogP contribution < -0.4 is 15.4 Å². The fourth-order valence-corrected chi connectivity index (χ4v) is 2.95. The number of alkyl halides is 2. The Bertz CT molecular complexity index is 848. The highest BCUT2D eigenvalue weighted by Gasteiger charge is 2.13. The number of amides is 1. The van der Waals surface area contributed by atoms with Gasteiger partial charge in [-0.2, -0.15) is 8.78 Å². The van der Waals surface area contributed by atoms with Crippen molar-refractivity contribution in [1.29, 1.82) is 0 Å². The van der Waals surface area contributed by atoms with E-state index in [0.29, 0.717) is 31.2 Å². The third kappa shape index (κ3) is 8.50. The monoisotopic (exact) mass is 448 g/mol. The number of carbonyl (C=O) groups excluding carboxylic acids is 1. The van der Waals surface area contributed by atoms with E-state index in [1.165, 1.54) is 24.3 Å². The molecule has 2 rings (SSSR count). The molecule has 7 nitrogen and oxygen atoms in total. The second kappa shape index (κ2) is 13.3. The lowest BCUT2D eigenvalue weighted by Crippen LogP contribution is -2.40. The van der Waals surface area contributed by atoms with Crippen molar-refractivity contribution < 1.29 is 23.4 Å². The Balaban J connectivity index is 1.91. The predicted octanol–water partition coefficient (Wildman–Crippen LogP) is 2.93. The minimum absolute atomic E-state index is 0.0216. The van der Waals surface area contributed by atoms with Crippen molar-refractivity contribution in [2.75, 3.05) is 26.2 Å². The molecular weight excluding hydrogens is 418 g/mol. The first-order valence-electron chi connectivity index (χ1n) is 10.5. The summed E-state index contributed by atoms with van der Waals surface area (Å²) in [4.78, 5) is 18.7. The van der Waals surface area contributed by atoms with E-state index >= 15 is 0 Å². The molecule has 1 atom stereocenters. The van der Waals surface area contributed by atoms with Gasteiger partial charge in [-0.25, -0.2) is 4.99 Å². The molecule has 174 valence electrons. The SMILES string of the molecule is CCNC(=NCC(=O)N(CC)Cc1ccccc1)NCC(O)c1ccc(OC(F)F)cc1. The van der Waals surface area contributed by atoms with Crippen molar-refractivity contribution in [1.82, 2.24) is 15.5 Å². The average Bonchev–Trinajstić information content (AvgIpc) is 2.79. The zero-order chi connectivity index (χ0) is 23.3. The largest absolute Gasteiger partial charge is 0.435 e. The topological polar surface area (TPSA) is 86.2 Å². The highest BCUT2D eigenvalue weighted by Crippen LogP contribution is 2.19. The lowest BCUT2D eigenvalue weighted by Gasteiger charge is -2.21. The third-order valence-corrected chi connectivity index (χ3v) is 4.62. The number of rotatable bonds is 11. The number of likely N-dealkylation sites (N-methyl/N-ethyl adjacent to an activating group) is 1. The van der Waals surface area contributed by atoms with Gasteiger partial charge in [-0.05, 0) is 37.1 Å². The van der Waals surface area contributed by atoms with E-state index in [4.69, 9.17) is 0 Å². The number of aliphatic hydroxyl groups is 1. The number of guanidine groups is 1. The van der Waals surface area contributed by atoms with Crippen LogP contribution in [-0.2, 0) is 11.3 Å². The van der Waals surface area contributed by atoms with Gasteiger partial charge in [0.25, 0.3) is 0 Å². The molecule has 0 saturated carbocycles. The maximum Gasteiger partial charge on any atom is 0.387 e. The predicted molar refractivity (Wildman–Crippen MR) is 120 cm³/mol. The van der Waals surface area contributed by atoms with E-state index in [1.807, 2.05) is 44.2 Å². The number of aliphatic imine (C=N–C) groups is 1. The lowest BCUT2D eigenvalue weighted by atomic mass is 10.1. The van der Waals surface area contributed by atoms with Crippen LogP contribution in [0, 0.1) is 0 Å². The molecule has 32 heavy (non-hydrogen) atoms. The molecular formula is C23H30F2N4O3. The summed E-state index contributed by atoms with van der Waals surface area (Å²) >= 11 is 0. The minimum Gasteiger partial charge on any atom is -0.435 e. The third-order valence-electron chi connectivity index (χ3n) is 4.62. The number of hydrogen-bond donors (Lipinski definition) is 3. The molecule has 0 bridgehead atoms. The summed E-state index contributed by atoms with van der Waals surface area (Å²) in [5.41, 5.74) is 1.58. The normalized spacial score (nSPS) is 12.4. The second-order valence-corrected chi connectivity index (χ2v) is 6.93. The summed E-state index contributed by atoms with van der Waals surface area (Å²) in [6.45, 7) is 2.66. The number of ether oxygens (including phenoxy) is 1. The molecule has 1 amide bonds. The standard InChI is InChI=1S/C23H30F2N4O3/c1-3-26-23(27-14-20(30)18-10-12-19(13-11-18)32-22(24)25)28-15-21(31)29(4-2)16-17-8-6-5-7-9-17/h5-13,20,22,30H,3-4,14-16H2,1-2H3,(H2,26,27,28). The number of aliphatic hydroxyl groups excluding tert-OH is 1. The molecule has 0 fully saturated rings. The van der Waals surface area contributed by atoms with Crippen molar-refractivity contribution >= 4 is 11.9 Å². The van der Waals surface area contributed by atoms with Crippen molar-refractivity contribution in [3.8, 4) is 5.75 Å². The molecule has 0 saturated heterocycles. The second-order valence-electron chi connectivity index (χ2n) is 6.93. The summed E-state index contributed by atoms with van der Waals surface area (Å²) in [6.07, 6.45) is -0.902. The minimum atomic E-state index is -2.90. The molecule has 0 spiro atoms. The van der Waals surface area contributed by atoms with Crippen LogP contribution in [0.1, 0.15) is 31.1 Å². The fraction of sp³-hybridized carbons (Fsp3) is 0.391. The highest BCUT2D eigenvalue weighted by molar-refractivity contribution is 5.85. The average molecular weight is 449 g/mol. The first-order chi connectivity index (χ1) is 15.4. The van der Waals surface area contributed by atoms with Gasteiger partial charge in [0.1, 0.15) is 12.3 Å². The fourth-order valence-electron chi connectivity index (χ4n) is 2.95. The first-order valence-corrected chi connectivity index (χ1v) is 10.5. The molecule has 1 unspecified atom stereocenters. The molecule has 2 aromatic rings. The number of halogens is 2. The lowest BCUT2D eigenvalue weighted by molar-refractivity contribution is -0.130. The number of nitrogens with zero attached hydrogens (tertiary/aromatic N) is 2. The number of benzene rings is 2. The van der Waals surface area contributed by atoms with Crippen LogP contribution in [0.5, 0.6) is 5.75 Å².